The van der Waals surface area contributed by atoms with E-state index in [1.165, 1.54) is 25.1 Å². The lowest BCUT2D eigenvalue weighted by molar-refractivity contribution is 0.161. The third-order valence-corrected chi connectivity index (χ3v) is 6.95. The van der Waals surface area contributed by atoms with Gasteiger partial charge in [-0.25, -0.2) is 13.8 Å². The summed E-state index contributed by atoms with van der Waals surface area (Å²) in [6.07, 6.45) is 7.69. The Labute approximate surface area is 195 Å². The van der Waals surface area contributed by atoms with E-state index in [1.807, 2.05) is 0 Å². The molecule has 5 nitrogen and oxygen atoms in total. The van der Waals surface area contributed by atoms with Gasteiger partial charge in [-0.1, -0.05) is 6.92 Å². The molecule has 0 unspecified atom stereocenters. The average molecular weight is 459 g/mol. The smallest absolute Gasteiger partial charge is 0.149 e. The van der Waals surface area contributed by atoms with E-state index in [9.17, 15) is 8.78 Å². The Morgan fingerprint density at radius 3 is 2.45 bits per heavy atom. The van der Waals surface area contributed by atoms with E-state index in [1.54, 1.807) is 25.3 Å². The minimum atomic E-state index is -0.522. The fourth-order valence-corrected chi connectivity index (χ4v) is 4.59. The molecule has 1 atom stereocenters. The highest BCUT2D eigenvalue weighted by Crippen LogP contribution is 2.45. The van der Waals surface area contributed by atoms with Gasteiger partial charge in [0, 0.05) is 48.6 Å². The fraction of sp³-hybridized carbons (Fsp3) is 0.577. The maximum absolute atomic E-state index is 14.7. The van der Waals surface area contributed by atoms with Gasteiger partial charge in [-0.15, -0.1) is 0 Å². The molecule has 180 valence electrons. The van der Waals surface area contributed by atoms with Crippen LogP contribution in [0.3, 0.4) is 0 Å². The van der Waals surface area contributed by atoms with Crippen molar-refractivity contribution in [3.8, 4) is 11.1 Å². The largest absolute Gasteiger partial charge is 0.384 e. The van der Waals surface area contributed by atoms with Gasteiger partial charge in [-0.3, -0.25) is 0 Å². The van der Waals surface area contributed by atoms with Gasteiger partial charge in [0.15, 0.2) is 0 Å². The van der Waals surface area contributed by atoms with Crippen molar-refractivity contribution in [1.82, 2.24) is 10.3 Å². The molecular formula is C26H36F2N4O. The van der Waals surface area contributed by atoms with E-state index in [2.05, 4.69) is 34.8 Å². The topological polar surface area (TPSA) is 58.2 Å². The van der Waals surface area contributed by atoms with Crippen molar-refractivity contribution in [2.24, 2.45) is 5.41 Å². The quantitative estimate of drug-likeness (QED) is 0.434. The zero-order valence-corrected chi connectivity index (χ0v) is 19.9. The second kappa shape index (κ2) is 10.3. The van der Waals surface area contributed by atoms with E-state index in [4.69, 9.17) is 4.74 Å². The molecule has 0 amide bonds. The molecule has 7 heteroatoms. The van der Waals surface area contributed by atoms with Crippen molar-refractivity contribution in [1.29, 1.82) is 0 Å². The monoisotopic (exact) mass is 458 g/mol. The Bertz CT molecular complexity index is 942. The van der Waals surface area contributed by atoms with E-state index in [-0.39, 0.29) is 17.2 Å². The van der Waals surface area contributed by atoms with Gasteiger partial charge in [-0.2, -0.15) is 0 Å². The number of methoxy groups -OCH3 is 1. The molecule has 2 aromatic rings. The van der Waals surface area contributed by atoms with Crippen LogP contribution in [0.2, 0.25) is 0 Å². The molecule has 0 radical (unpaired) electrons. The standard InChI is InChI=1S/C26H36F2N4O/c1-17(15-33-3)31-18-4-6-19(7-5-18)32-25-13-22(24(28)14-29-25)21-12-20(8-9-23(21)27)30-16-26(2)10-11-26/h8-9,12-14,17-19,30-31H,4-7,10-11,15-16H2,1-3H3,(H,29,32)/t17-,18-,19-/m0/s1. The third-order valence-electron chi connectivity index (χ3n) is 6.95. The van der Waals surface area contributed by atoms with Crippen LogP contribution in [0.25, 0.3) is 11.1 Å². The number of benzene rings is 1. The summed E-state index contributed by atoms with van der Waals surface area (Å²) in [5, 5.41) is 10.4. The number of anilines is 2. The van der Waals surface area contributed by atoms with Crippen LogP contribution in [0, 0.1) is 17.0 Å². The molecule has 1 aromatic carbocycles. The summed E-state index contributed by atoms with van der Waals surface area (Å²) < 4.78 is 34.5. The van der Waals surface area contributed by atoms with E-state index in [0.717, 1.165) is 37.9 Å². The number of pyridine rings is 1. The molecule has 1 heterocycles. The lowest BCUT2D eigenvalue weighted by atomic mass is 9.90. The van der Waals surface area contributed by atoms with Crippen LogP contribution >= 0.6 is 0 Å². The van der Waals surface area contributed by atoms with Crippen molar-refractivity contribution in [3.63, 3.8) is 0 Å². The van der Waals surface area contributed by atoms with Crippen molar-refractivity contribution < 1.29 is 13.5 Å². The predicted octanol–water partition coefficient (Wildman–Crippen LogP) is 5.59. The molecule has 2 saturated carbocycles. The number of ether oxygens (including phenoxy) is 1. The van der Waals surface area contributed by atoms with Gasteiger partial charge in [0.25, 0.3) is 0 Å². The molecule has 0 bridgehead atoms. The summed E-state index contributed by atoms with van der Waals surface area (Å²) in [5.74, 6) is -0.379. The molecule has 2 aliphatic carbocycles. The first-order chi connectivity index (χ1) is 15.8. The number of rotatable bonds is 10. The molecular weight excluding hydrogens is 422 g/mol. The molecule has 2 fully saturated rings. The maximum atomic E-state index is 14.7. The van der Waals surface area contributed by atoms with E-state index >= 15 is 0 Å². The normalized spacial score (nSPS) is 22.6. The number of halogens is 2. The van der Waals surface area contributed by atoms with E-state index < -0.39 is 11.6 Å². The van der Waals surface area contributed by atoms with Gasteiger partial charge in [0.05, 0.1) is 12.8 Å². The number of aromatic nitrogens is 1. The summed E-state index contributed by atoms with van der Waals surface area (Å²) in [4.78, 5) is 4.22. The summed E-state index contributed by atoms with van der Waals surface area (Å²) in [6.45, 7) is 5.90. The zero-order valence-electron chi connectivity index (χ0n) is 19.9. The summed E-state index contributed by atoms with van der Waals surface area (Å²) >= 11 is 0. The van der Waals surface area contributed by atoms with Gasteiger partial charge < -0.3 is 20.7 Å². The molecule has 0 spiro atoms. The van der Waals surface area contributed by atoms with Crippen LogP contribution in [-0.4, -0.2) is 43.4 Å². The van der Waals surface area contributed by atoms with Crippen LogP contribution in [0.15, 0.2) is 30.5 Å². The number of hydrogen-bond acceptors (Lipinski definition) is 5. The third kappa shape index (κ3) is 6.42. The van der Waals surface area contributed by atoms with E-state index in [0.29, 0.717) is 29.9 Å². The molecule has 2 aliphatic rings. The summed E-state index contributed by atoms with van der Waals surface area (Å²) in [7, 11) is 1.72. The maximum Gasteiger partial charge on any atom is 0.149 e. The number of nitrogens with one attached hydrogen (secondary N) is 3. The minimum absolute atomic E-state index is 0.232. The lowest BCUT2D eigenvalue weighted by Gasteiger charge is -2.31. The first-order valence-corrected chi connectivity index (χ1v) is 12.1. The minimum Gasteiger partial charge on any atom is -0.384 e. The van der Waals surface area contributed by atoms with Crippen LogP contribution < -0.4 is 16.0 Å². The summed E-state index contributed by atoms with van der Waals surface area (Å²) in [5.41, 5.74) is 1.61. The highest BCUT2D eigenvalue weighted by molar-refractivity contribution is 5.71. The van der Waals surface area contributed by atoms with Gasteiger partial charge in [0.2, 0.25) is 0 Å². The van der Waals surface area contributed by atoms with Crippen molar-refractivity contribution >= 4 is 11.5 Å². The molecule has 4 rings (SSSR count). The van der Waals surface area contributed by atoms with Crippen molar-refractivity contribution in [2.45, 2.75) is 70.5 Å². The van der Waals surface area contributed by atoms with Gasteiger partial charge >= 0.3 is 0 Å². The Hall–Kier alpha value is -2.25. The zero-order chi connectivity index (χ0) is 23.4. The molecule has 33 heavy (non-hydrogen) atoms. The van der Waals surface area contributed by atoms with Crippen LogP contribution in [0.5, 0.6) is 0 Å². The highest BCUT2D eigenvalue weighted by Gasteiger charge is 2.36. The summed E-state index contributed by atoms with van der Waals surface area (Å²) in [6, 6.07) is 7.52. The average Bonchev–Trinajstić information content (AvgIpc) is 3.53. The Balaban J connectivity index is 1.40. The lowest BCUT2D eigenvalue weighted by Crippen LogP contribution is -2.42. The Kier molecular flexibility index (Phi) is 7.49. The SMILES string of the molecule is COC[C@H](C)N[C@H]1CC[C@H](Nc2cc(-c3cc(NCC4(C)CC4)ccc3F)c(F)cn2)CC1. The Morgan fingerprint density at radius 1 is 1.06 bits per heavy atom. The van der Waals surface area contributed by atoms with Crippen LogP contribution in [-0.2, 0) is 4.74 Å². The Morgan fingerprint density at radius 2 is 1.76 bits per heavy atom. The second-order valence-electron chi connectivity index (χ2n) is 10.1. The molecule has 0 aliphatic heterocycles. The molecule has 1 aromatic heterocycles. The van der Waals surface area contributed by atoms with Crippen LogP contribution in [0.4, 0.5) is 20.3 Å². The molecule has 3 N–H and O–H groups in total. The van der Waals surface area contributed by atoms with Gasteiger partial charge in [-0.05, 0) is 75.1 Å². The van der Waals surface area contributed by atoms with Gasteiger partial charge in [0.1, 0.15) is 17.5 Å². The van der Waals surface area contributed by atoms with Crippen molar-refractivity contribution in [3.05, 3.63) is 42.1 Å². The first kappa shape index (κ1) is 23.9. The predicted molar refractivity (Wildman–Crippen MR) is 130 cm³/mol. The number of nitrogens with zero attached hydrogens (tertiary/aromatic N) is 1. The first-order valence-electron chi connectivity index (χ1n) is 12.1. The highest BCUT2D eigenvalue weighted by atomic mass is 19.1. The molecule has 0 saturated heterocycles. The van der Waals surface area contributed by atoms with Crippen LogP contribution in [0.1, 0.15) is 52.4 Å². The van der Waals surface area contributed by atoms with Crippen molar-refractivity contribution in [2.75, 3.05) is 30.9 Å². The fourth-order valence-electron chi connectivity index (χ4n) is 4.59. The second-order valence-corrected chi connectivity index (χ2v) is 10.1. The number of hydrogen-bond donors (Lipinski definition) is 3.